The van der Waals surface area contributed by atoms with Crippen molar-refractivity contribution in [3.05, 3.63) is 71.0 Å². The van der Waals surface area contributed by atoms with Gasteiger partial charge in [0.1, 0.15) is 17.2 Å². The third kappa shape index (κ3) is 1.99. The molecule has 0 amide bonds. The number of rotatable bonds is 2. The van der Waals surface area contributed by atoms with Crippen molar-refractivity contribution in [2.24, 2.45) is 0 Å². The minimum Gasteiger partial charge on any atom is -0.453 e. The molecule has 2 nitrogen and oxygen atoms in total. The highest BCUT2D eigenvalue weighted by Crippen LogP contribution is 2.23. The summed E-state index contributed by atoms with van der Waals surface area (Å²) in [5.41, 5.74) is 0.727. The second kappa shape index (κ2) is 4.56. The minimum absolute atomic E-state index is 0.00454. The first-order chi connectivity index (χ1) is 9.56. The zero-order chi connectivity index (χ0) is 14.3. The Labute approximate surface area is 113 Å². The number of carbonyl (C=O) groups excluding carboxylic acids is 1. The van der Waals surface area contributed by atoms with Crippen LogP contribution in [0.2, 0.25) is 0 Å². The van der Waals surface area contributed by atoms with Crippen LogP contribution in [0.1, 0.15) is 21.7 Å². The fourth-order valence-electron chi connectivity index (χ4n) is 2.08. The number of furan rings is 1. The zero-order valence-corrected chi connectivity index (χ0v) is 10.6. The molecule has 0 atom stereocenters. The second-order valence-electron chi connectivity index (χ2n) is 4.56. The van der Waals surface area contributed by atoms with Crippen LogP contribution >= 0.6 is 0 Å². The van der Waals surface area contributed by atoms with Gasteiger partial charge in [0.2, 0.25) is 5.78 Å². The van der Waals surface area contributed by atoms with Crippen molar-refractivity contribution in [1.29, 1.82) is 0 Å². The maximum absolute atomic E-state index is 13.9. The molecule has 0 N–H and O–H groups in total. The topological polar surface area (TPSA) is 30.2 Å². The Morgan fingerprint density at radius 2 is 1.90 bits per heavy atom. The van der Waals surface area contributed by atoms with Gasteiger partial charge < -0.3 is 4.42 Å². The van der Waals surface area contributed by atoms with E-state index in [9.17, 15) is 13.6 Å². The van der Waals surface area contributed by atoms with E-state index in [-0.39, 0.29) is 11.3 Å². The summed E-state index contributed by atoms with van der Waals surface area (Å²) in [4.78, 5) is 12.2. The van der Waals surface area contributed by atoms with Gasteiger partial charge in [-0.2, -0.15) is 0 Å². The quantitative estimate of drug-likeness (QED) is 0.653. The maximum Gasteiger partial charge on any atom is 0.231 e. The van der Waals surface area contributed by atoms with E-state index in [0.717, 1.165) is 0 Å². The van der Waals surface area contributed by atoms with Crippen molar-refractivity contribution in [3.8, 4) is 0 Å². The Bertz CT molecular complexity index is 818. The third-order valence-electron chi connectivity index (χ3n) is 3.14. The van der Waals surface area contributed by atoms with Crippen molar-refractivity contribution in [1.82, 2.24) is 0 Å². The molecule has 3 rings (SSSR count). The third-order valence-corrected chi connectivity index (χ3v) is 3.14. The van der Waals surface area contributed by atoms with Gasteiger partial charge in [0.15, 0.2) is 5.76 Å². The van der Waals surface area contributed by atoms with E-state index in [1.807, 2.05) is 0 Å². The van der Waals surface area contributed by atoms with E-state index >= 15 is 0 Å². The van der Waals surface area contributed by atoms with Gasteiger partial charge in [-0.15, -0.1) is 0 Å². The molecule has 20 heavy (non-hydrogen) atoms. The summed E-state index contributed by atoms with van der Waals surface area (Å²) in [5, 5.41) is 0.474. The summed E-state index contributed by atoms with van der Waals surface area (Å²) in [6, 6.07) is 9.96. The summed E-state index contributed by atoms with van der Waals surface area (Å²) >= 11 is 0. The van der Waals surface area contributed by atoms with Gasteiger partial charge in [-0.3, -0.25) is 4.79 Å². The second-order valence-corrected chi connectivity index (χ2v) is 4.56. The average molecular weight is 272 g/mol. The van der Waals surface area contributed by atoms with Crippen LogP contribution in [0.15, 0.2) is 46.9 Å². The molecule has 0 unspecified atom stereocenters. The van der Waals surface area contributed by atoms with E-state index in [2.05, 4.69) is 0 Å². The normalized spacial score (nSPS) is 10.9. The number of benzene rings is 2. The number of ketones is 1. The van der Waals surface area contributed by atoms with Crippen LogP contribution in [0.4, 0.5) is 8.78 Å². The molecule has 2 aromatic carbocycles. The Morgan fingerprint density at radius 1 is 1.10 bits per heavy atom. The van der Waals surface area contributed by atoms with Crippen LogP contribution in [-0.4, -0.2) is 5.78 Å². The number of aryl methyl sites for hydroxylation is 1. The zero-order valence-electron chi connectivity index (χ0n) is 10.6. The summed E-state index contributed by atoms with van der Waals surface area (Å²) in [6.45, 7) is 1.58. The average Bonchev–Trinajstić information content (AvgIpc) is 2.84. The molecule has 4 heteroatoms. The minimum atomic E-state index is -0.566. The Morgan fingerprint density at radius 3 is 2.70 bits per heavy atom. The van der Waals surface area contributed by atoms with Gasteiger partial charge in [-0.25, -0.2) is 8.78 Å². The predicted molar refractivity (Wildman–Crippen MR) is 70.7 cm³/mol. The van der Waals surface area contributed by atoms with Gasteiger partial charge in [0.25, 0.3) is 0 Å². The van der Waals surface area contributed by atoms with Crippen molar-refractivity contribution < 1.29 is 18.0 Å². The standard InChI is InChI=1S/C16H10F2O2/c1-9-3-2-4-12(15(9)18)16(19)14-8-10-7-11(17)5-6-13(10)20-14/h2-8H,1H3. The smallest absolute Gasteiger partial charge is 0.231 e. The van der Waals surface area contributed by atoms with Gasteiger partial charge in [-0.05, 0) is 42.8 Å². The summed E-state index contributed by atoms with van der Waals surface area (Å²) < 4.78 is 32.4. The highest BCUT2D eigenvalue weighted by Gasteiger charge is 2.19. The van der Waals surface area contributed by atoms with Crippen LogP contribution in [-0.2, 0) is 0 Å². The van der Waals surface area contributed by atoms with Crippen molar-refractivity contribution >= 4 is 16.8 Å². The Hall–Kier alpha value is -2.49. The molecule has 0 radical (unpaired) electrons. The molecule has 0 aliphatic carbocycles. The number of hydrogen-bond acceptors (Lipinski definition) is 2. The van der Waals surface area contributed by atoms with E-state index in [1.165, 1.54) is 30.3 Å². The highest BCUT2D eigenvalue weighted by molar-refractivity contribution is 6.09. The van der Waals surface area contributed by atoms with Crippen LogP contribution in [0.3, 0.4) is 0 Å². The summed E-state index contributed by atoms with van der Waals surface area (Å²) in [6.07, 6.45) is 0. The van der Waals surface area contributed by atoms with Crippen LogP contribution in [0.25, 0.3) is 11.0 Å². The largest absolute Gasteiger partial charge is 0.453 e. The van der Waals surface area contributed by atoms with Gasteiger partial charge in [0.05, 0.1) is 5.56 Å². The first-order valence-corrected chi connectivity index (χ1v) is 6.05. The van der Waals surface area contributed by atoms with E-state index in [0.29, 0.717) is 16.5 Å². The molecule has 1 aromatic heterocycles. The molecule has 0 saturated carbocycles. The molecule has 0 bridgehead atoms. The lowest BCUT2D eigenvalue weighted by molar-refractivity contribution is 0.101. The number of halogens is 2. The number of fused-ring (bicyclic) bond motifs is 1. The van der Waals surface area contributed by atoms with Crippen molar-refractivity contribution in [3.63, 3.8) is 0 Å². The maximum atomic E-state index is 13.9. The molecular weight excluding hydrogens is 262 g/mol. The lowest BCUT2D eigenvalue weighted by atomic mass is 10.1. The monoisotopic (exact) mass is 272 g/mol. The van der Waals surface area contributed by atoms with Crippen LogP contribution < -0.4 is 0 Å². The van der Waals surface area contributed by atoms with Crippen LogP contribution in [0.5, 0.6) is 0 Å². The molecular formula is C16H10F2O2. The Balaban J connectivity index is 2.10. The van der Waals surface area contributed by atoms with Crippen molar-refractivity contribution in [2.45, 2.75) is 6.92 Å². The van der Waals surface area contributed by atoms with E-state index in [1.54, 1.807) is 19.1 Å². The Kier molecular flexibility index (Phi) is 2.86. The van der Waals surface area contributed by atoms with Gasteiger partial charge in [0, 0.05) is 5.39 Å². The van der Waals surface area contributed by atoms with E-state index in [4.69, 9.17) is 4.42 Å². The lowest BCUT2D eigenvalue weighted by Crippen LogP contribution is -2.04. The molecule has 100 valence electrons. The summed E-state index contributed by atoms with van der Waals surface area (Å²) in [5.74, 6) is -1.54. The molecule has 0 fully saturated rings. The summed E-state index contributed by atoms with van der Waals surface area (Å²) in [7, 11) is 0. The lowest BCUT2D eigenvalue weighted by Gasteiger charge is -2.02. The number of carbonyl (C=O) groups is 1. The molecule has 3 aromatic rings. The van der Waals surface area contributed by atoms with Gasteiger partial charge in [-0.1, -0.05) is 12.1 Å². The predicted octanol–water partition coefficient (Wildman–Crippen LogP) is 4.25. The molecule has 0 aliphatic rings. The SMILES string of the molecule is Cc1cccc(C(=O)c2cc3cc(F)ccc3o2)c1F. The van der Waals surface area contributed by atoms with Gasteiger partial charge >= 0.3 is 0 Å². The van der Waals surface area contributed by atoms with Crippen LogP contribution in [0, 0.1) is 18.6 Å². The first kappa shape index (κ1) is 12.5. The fourth-order valence-corrected chi connectivity index (χ4v) is 2.08. The highest BCUT2D eigenvalue weighted by atomic mass is 19.1. The fraction of sp³-hybridized carbons (Fsp3) is 0.0625. The number of hydrogen-bond donors (Lipinski definition) is 0. The first-order valence-electron chi connectivity index (χ1n) is 6.05. The van der Waals surface area contributed by atoms with Crippen molar-refractivity contribution in [2.75, 3.05) is 0 Å². The molecule has 0 aliphatic heterocycles. The molecule has 0 spiro atoms. The molecule has 1 heterocycles. The van der Waals surface area contributed by atoms with E-state index < -0.39 is 17.4 Å². The molecule has 0 saturated heterocycles.